The molecule has 144 valence electrons. The lowest BCUT2D eigenvalue weighted by Crippen LogP contribution is -2.48. The maximum absolute atomic E-state index is 13.3. The Bertz CT molecular complexity index is 995. The van der Waals surface area contributed by atoms with Gasteiger partial charge < -0.3 is 14.7 Å². The molecule has 2 aromatic carbocycles. The van der Waals surface area contributed by atoms with Crippen molar-refractivity contribution < 1.29 is 9.18 Å². The molecule has 28 heavy (non-hydrogen) atoms. The summed E-state index contributed by atoms with van der Waals surface area (Å²) >= 11 is 0. The maximum Gasteiger partial charge on any atom is 0.254 e. The van der Waals surface area contributed by atoms with E-state index < -0.39 is 0 Å². The van der Waals surface area contributed by atoms with E-state index >= 15 is 0 Å². The van der Waals surface area contributed by atoms with Gasteiger partial charge in [0.2, 0.25) is 0 Å². The number of benzene rings is 2. The standard InChI is InChI=1S/C22H23FN4O/c1-25(2)21-15-19(18-5-3-4-6-20(18)24-21)22(28)27-13-11-26(12-14-27)17-9-7-16(23)8-10-17/h3-10,15H,11-14H2,1-2H3. The normalized spacial score (nSPS) is 14.4. The van der Waals surface area contributed by atoms with Gasteiger partial charge in [-0.2, -0.15) is 0 Å². The van der Waals surface area contributed by atoms with E-state index in [-0.39, 0.29) is 11.7 Å². The smallest absolute Gasteiger partial charge is 0.254 e. The van der Waals surface area contributed by atoms with E-state index in [2.05, 4.69) is 9.88 Å². The molecule has 0 unspecified atom stereocenters. The molecule has 6 heteroatoms. The van der Waals surface area contributed by atoms with Crippen molar-refractivity contribution in [3.63, 3.8) is 0 Å². The number of hydrogen-bond donors (Lipinski definition) is 0. The average Bonchev–Trinajstić information content (AvgIpc) is 2.73. The van der Waals surface area contributed by atoms with Crippen LogP contribution in [-0.2, 0) is 0 Å². The SMILES string of the molecule is CN(C)c1cc(C(=O)N2CCN(c3ccc(F)cc3)CC2)c2ccccc2n1. The first-order valence-corrected chi connectivity index (χ1v) is 9.40. The Labute approximate surface area is 164 Å². The molecule has 5 nitrogen and oxygen atoms in total. The van der Waals surface area contributed by atoms with Crippen LogP contribution in [0.2, 0.25) is 0 Å². The number of pyridine rings is 1. The fourth-order valence-corrected chi connectivity index (χ4v) is 3.56. The molecule has 0 bridgehead atoms. The second-order valence-electron chi connectivity index (χ2n) is 7.20. The number of aromatic nitrogens is 1. The molecule has 0 aliphatic carbocycles. The van der Waals surface area contributed by atoms with Crippen molar-refractivity contribution in [2.75, 3.05) is 50.1 Å². The highest BCUT2D eigenvalue weighted by Gasteiger charge is 2.24. The summed E-state index contributed by atoms with van der Waals surface area (Å²) in [6, 6.07) is 16.1. The van der Waals surface area contributed by atoms with Gasteiger partial charge in [0.1, 0.15) is 11.6 Å². The second-order valence-corrected chi connectivity index (χ2v) is 7.20. The number of amides is 1. The number of rotatable bonds is 3. The quantitative estimate of drug-likeness (QED) is 0.700. The lowest BCUT2D eigenvalue weighted by molar-refractivity contribution is 0.0748. The molecular formula is C22H23FN4O. The largest absolute Gasteiger partial charge is 0.368 e. The number of carbonyl (C=O) groups is 1. The lowest BCUT2D eigenvalue weighted by Gasteiger charge is -2.36. The number of hydrogen-bond acceptors (Lipinski definition) is 4. The van der Waals surface area contributed by atoms with Crippen LogP contribution in [-0.4, -0.2) is 56.1 Å². The number of fused-ring (bicyclic) bond motifs is 1. The van der Waals surface area contributed by atoms with Crippen molar-refractivity contribution >= 4 is 28.3 Å². The third-order valence-corrected chi connectivity index (χ3v) is 5.15. The minimum atomic E-state index is -0.237. The molecule has 0 N–H and O–H groups in total. The summed E-state index contributed by atoms with van der Waals surface area (Å²) in [6.45, 7) is 2.70. The van der Waals surface area contributed by atoms with Gasteiger partial charge >= 0.3 is 0 Å². The zero-order chi connectivity index (χ0) is 19.7. The highest BCUT2D eigenvalue weighted by Crippen LogP contribution is 2.24. The van der Waals surface area contributed by atoms with Crippen LogP contribution in [0.1, 0.15) is 10.4 Å². The van der Waals surface area contributed by atoms with E-state index in [1.165, 1.54) is 12.1 Å². The van der Waals surface area contributed by atoms with Crippen molar-refractivity contribution in [2.24, 2.45) is 0 Å². The number of piperazine rings is 1. The number of carbonyl (C=O) groups excluding carboxylic acids is 1. The molecular weight excluding hydrogens is 355 g/mol. The van der Waals surface area contributed by atoms with Crippen LogP contribution in [0.3, 0.4) is 0 Å². The van der Waals surface area contributed by atoms with Gasteiger partial charge in [-0.15, -0.1) is 0 Å². The topological polar surface area (TPSA) is 39.7 Å². The Balaban J connectivity index is 1.56. The van der Waals surface area contributed by atoms with Gasteiger partial charge in [0.25, 0.3) is 5.91 Å². The predicted molar refractivity (Wildman–Crippen MR) is 111 cm³/mol. The minimum Gasteiger partial charge on any atom is -0.368 e. The summed E-state index contributed by atoms with van der Waals surface area (Å²) in [5, 5.41) is 0.874. The van der Waals surface area contributed by atoms with E-state index in [4.69, 9.17) is 0 Å². The predicted octanol–water partition coefficient (Wildman–Crippen LogP) is 3.40. The van der Waals surface area contributed by atoms with E-state index in [9.17, 15) is 9.18 Å². The second kappa shape index (κ2) is 7.46. The van der Waals surface area contributed by atoms with Gasteiger partial charge in [-0.1, -0.05) is 18.2 Å². The van der Waals surface area contributed by atoms with Gasteiger partial charge in [-0.3, -0.25) is 4.79 Å². The monoisotopic (exact) mass is 378 g/mol. The highest BCUT2D eigenvalue weighted by molar-refractivity contribution is 6.07. The maximum atomic E-state index is 13.3. The molecule has 1 amide bonds. The molecule has 1 aliphatic heterocycles. The fourth-order valence-electron chi connectivity index (χ4n) is 3.56. The van der Waals surface area contributed by atoms with Crippen molar-refractivity contribution in [2.45, 2.75) is 0 Å². The fraction of sp³-hybridized carbons (Fsp3) is 0.273. The Morgan fingerprint density at radius 3 is 2.36 bits per heavy atom. The summed E-state index contributed by atoms with van der Waals surface area (Å²) in [6.07, 6.45) is 0. The number of halogens is 1. The average molecular weight is 378 g/mol. The molecule has 3 aromatic rings. The Kier molecular flexibility index (Phi) is 4.86. The van der Waals surface area contributed by atoms with Crippen LogP contribution >= 0.6 is 0 Å². The molecule has 0 saturated carbocycles. The van der Waals surface area contributed by atoms with Crippen LogP contribution in [0, 0.1) is 5.82 Å². The third-order valence-electron chi connectivity index (χ3n) is 5.15. The summed E-state index contributed by atoms with van der Waals surface area (Å²) in [5.74, 6) is 0.561. The van der Waals surface area contributed by atoms with Crippen molar-refractivity contribution in [1.82, 2.24) is 9.88 Å². The first-order chi connectivity index (χ1) is 13.5. The Morgan fingerprint density at radius 2 is 1.68 bits per heavy atom. The highest BCUT2D eigenvalue weighted by atomic mass is 19.1. The minimum absolute atomic E-state index is 0.0282. The lowest BCUT2D eigenvalue weighted by atomic mass is 10.1. The molecule has 1 aliphatic rings. The Morgan fingerprint density at radius 1 is 1.00 bits per heavy atom. The number of nitrogens with zero attached hydrogens (tertiary/aromatic N) is 4. The molecule has 1 saturated heterocycles. The molecule has 0 spiro atoms. The van der Waals surface area contributed by atoms with Crippen LogP contribution in [0.25, 0.3) is 10.9 Å². The molecule has 0 atom stereocenters. The van der Waals surface area contributed by atoms with Crippen molar-refractivity contribution in [1.29, 1.82) is 0 Å². The molecule has 0 radical (unpaired) electrons. The van der Waals surface area contributed by atoms with Gasteiger partial charge in [-0.25, -0.2) is 9.37 Å². The first-order valence-electron chi connectivity index (χ1n) is 9.40. The Hall–Kier alpha value is -3.15. The van der Waals surface area contributed by atoms with Gasteiger partial charge in [0, 0.05) is 51.3 Å². The zero-order valence-corrected chi connectivity index (χ0v) is 16.1. The number of anilines is 2. The van der Waals surface area contributed by atoms with Gasteiger partial charge in [0.15, 0.2) is 0 Å². The van der Waals surface area contributed by atoms with Crippen molar-refractivity contribution in [3.8, 4) is 0 Å². The van der Waals surface area contributed by atoms with Crippen LogP contribution in [0.15, 0.2) is 54.6 Å². The van der Waals surface area contributed by atoms with E-state index in [1.807, 2.05) is 54.2 Å². The summed E-state index contributed by atoms with van der Waals surface area (Å²) < 4.78 is 13.1. The molecule has 4 rings (SSSR count). The van der Waals surface area contributed by atoms with E-state index in [0.29, 0.717) is 18.7 Å². The summed E-state index contributed by atoms with van der Waals surface area (Å²) in [5.41, 5.74) is 2.49. The molecule has 2 heterocycles. The first kappa shape index (κ1) is 18.2. The van der Waals surface area contributed by atoms with Crippen LogP contribution in [0.4, 0.5) is 15.9 Å². The van der Waals surface area contributed by atoms with E-state index in [1.54, 1.807) is 12.1 Å². The van der Waals surface area contributed by atoms with Crippen LogP contribution < -0.4 is 9.80 Å². The summed E-state index contributed by atoms with van der Waals surface area (Å²) in [7, 11) is 3.85. The van der Waals surface area contributed by atoms with E-state index in [0.717, 1.165) is 35.5 Å². The van der Waals surface area contributed by atoms with Crippen LogP contribution in [0.5, 0.6) is 0 Å². The molecule has 1 aromatic heterocycles. The third kappa shape index (κ3) is 3.50. The molecule has 1 fully saturated rings. The summed E-state index contributed by atoms with van der Waals surface area (Å²) in [4.78, 5) is 23.9. The van der Waals surface area contributed by atoms with Crippen molar-refractivity contribution in [3.05, 3.63) is 66.0 Å². The number of para-hydroxylation sites is 1. The zero-order valence-electron chi connectivity index (χ0n) is 16.1. The van der Waals surface area contributed by atoms with Gasteiger partial charge in [-0.05, 0) is 36.4 Å². The van der Waals surface area contributed by atoms with Gasteiger partial charge in [0.05, 0.1) is 11.1 Å².